The Morgan fingerprint density at radius 1 is 1.04 bits per heavy atom. The quantitative estimate of drug-likeness (QED) is 0.879. The average Bonchev–Trinajstić information content (AvgIpc) is 3.05. The van der Waals surface area contributed by atoms with Crippen molar-refractivity contribution in [1.29, 1.82) is 0 Å². The van der Waals surface area contributed by atoms with Crippen molar-refractivity contribution in [3.05, 3.63) is 59.7 Å². The third-order valence-electron chi connectivity index (χ3n) is 5.69. The van der Waals surface area contributed by atoms with E-state index in [9.17, 15) is 14.7 Å². The lowest BCUT2D eigenvalue weighted by Crippen LogP contribution is -2.49. The lowest BCUT2D eigenvalue weighted by Gasteiger charge is -2.34. The van der Waals surface area contributed by atoms with Crippen LogP contribution < -0.4 is 0 Å². The number of ether oxygens (including phenoxy) is 2. The summed E-state index contributed by atoms with van der Waals surface area (Å²) in [7, 11) is 1.53. The van der Waals surface area contributed by atoms with Gasteiger partial charge >= 0.3 is 12.1 Å². The molecule has 1 aliphatic carbocycles. The van der Waals surface area contributed by atoms with Gasteiger partial charge in [0.15, 0.2) is 0 Å². The molecule has 28 heavy (non-hydrogen) atoms. The Morgan fingerprint density at radius 3 is 2.21 bits per heavy atom. The van der Waals surface area contributed by atoms with Crippen LogP contribution in [0.4, 0.5) is 4.79 Å². The van der Waals surface area contributed by atoms with Crippen LogP contribution in [-0.2, 0) is 14.3 Å². The van der Waals surface area contributed by atoms with Crippen molar-refractivity contribution >= 4 is 12.1 Å². The predicted octanol–water partition coefficient (Wildman–Crippen LogP) is 3.36. The van der Waals surface area contributed by atoms with Gasteiger partial charge in [0.05, 0.1) is 18.6 Å². The summed E-state index contributed by atoms with van der Waals surface area (Å²) in [6.45, 7) is 0.710. The summed E-state index contributed by atoms with van der Waals surface area (Å²) in [5, 5.41) is 9.34. The molecule has 0 radical (unpaired) electrons. The number of carbonyl (C=O) groups excluding carboxylic acids is 1. The molecule has 2 atom stereocenters. The summed E-state index contributed by atoms with van der Waals surface area (Å²) < 4.78 is 10.9. The number of amides is 1. The van der Waals surface area contributed by atoms with Gasteiger partial charge in [-0.3, -0.25) is 4.79 Å². The minimum Gasteiger partial charge on any atom is -0.481 e. The predicted molar refractivity (Wildman–Crippen MR) is 103 cm³/mol. The Balaban J connectivity index is 1.48. The molecule has 1 aliphatic heterocycles. The number of piperidine rings is 1. The van der Waals surface area contributed by atoms with Gasteiger partial charge in [-0.25, -0.2) is 4.79 Å². The SMILES string of the molecule is COC1CC(C(=O)O)CN(C(=O)OCC2c3ccccc3-c3ccccc32)C1. The number of methoxy groups -OCH3 is 1. The molecule has 0 bridgehead atoms. The minimum atomic E-state index is -0.918. The first-order valence-electron chi connectivity index (χ1n) is 9.44. The first-order chi connectivity index (χ1) is 13.6. The number of carboxylic acid groups (broad SMARTS) is 1. The number of nitrogens with zero attached hydrogens (tertiary/aromatic N) is 1. The van der Waals surface area contributed by atoms with Gasteiger partial charge in [0.1, 0.15) is 6.61 Å². The fraction of sp³-hybridized carbons (Fsp3) is 0.364. The summed E-state index contributed by atoms with van der Waals surface area (Å²) >= 11 is 0. The molecule has 4 rings (SSSR count). The fourth-order valence-electron chi connectivity index (χ4n) is 4.24. The molecule has 146 valence electrons. The van der Waals surface area contributed by atoms with Gasteiger partial charge in [0.2, 0.25) is 0 Å². The molecule has 1 N–H and O–H groups in total. The zero-order valence-electron chi connectivity index (χ0n) is 15.7. The number of carbonyl (C=O) groups is 2. The largest absolute Gasteiger partial charge is 0.481 e. The molecule has 6 nitrogen and oxygen atoms in total. The third kappa shape index (κ3) is 3.36. The van der Waals surface area contributed by atoms with Gasteiger partial charge < -0.3 is 19.5 Å². The number of aliphatic carboxylic acids is 1. The fourth-order valence-corrected chi connectivity index (χ4v) is 4.24. The van der Waals surface area contributed by atoms with Crippen molar-refractivity contribution in [3.8, 4) is 11.1 Å². The number of likely N-dealkylation sites (tertiary alicyclic amines) is 1. The van der Waals surface area contributed by atoms with E-state index in [0.29, 0.717) is 13.0 Å². The summed E-state index contributed by atoms with van der Waals surface area (Å²) in [4.78, 5) is 25.5. The van der Waals surface area contributed by atoms with Gasteiger partial charge in [0, 0.05) is 19.6 Å². The Kier molecular flexibility index (Phi) is 5.05. The number of benzene rings is 2. The number of rotatable bonds is 4. The van der Waals surface area contributed by atoms with Crippen molar-refractivity contribution in [2.24, 2.45) is 5.92 Å². The average molecular weight is 381 g/mol. The van der Waals surface area contributed by atoms with Gasteiger partial charge in [0.25, 0.3) is 0 Å². The molecule has 2 unspecified atom stereocenters. The van der Waals surface area contributed by atoms with Crippen molar-refractivity contribution in [2.45, 2.75) is 18.4 Å². The van der Waals surface area contributed by atoms with E-state index in [-0.39, 0.29) is 25.2 Å². The van der Waals surface area contributed by atoms with Crippen LogP contribution in [-0.4, -0.2) is 55.0 Å². The van der Waals surface area contributed by atoms with Crippen LogP contribution in [0.2, 0.25) is 0 Å². The first-order valence-corrected chi connectivity index (χ1v) is 9.44. The third-order valence-corrected chi connectivity index (χ3v) is 5.69. The zero-order valence-corrected chi connectivity index (χ0v) is 15.7. The second-order valence-electron chi connectivity index (χ2n) is 7.34. The van der Waals surface area contributed by atoms with Crippen molar-refractivity contribution in [3.63, 3.8) is 0 Å². The number of fused-ring (bicyclic) bond motifs is 3. The van der Waals surface area contributed by atoms with Crippen LogP contribution in [0.3, 0.4) is 0 Å². The molecule has 2 aliphatic rings. The van der Waals surface area contributed by atoms with Gasteiger partial charge in [-0.2, -0.15) is 0 Å². The highest BCUT2D eigenvalue weighted by Gasteiger charge is 2.35. The van der Waals surface area contributed by atoms with E-state index in [2.05, 4.69) is 24.3 Å². The molecule has 1 heterocycles. The number of hydrogen-bond donors (Lipinski definition) is 1. The van der Waals surface area contributed by atoms with Crippen LogP contribution >= 0.6 is 0 Å². The van der Waals surface area contributed by atoms with Crippen LogP contribution in [0, 0.1) is 5.92 Å². The smallest absolute Gasteiger partial charge is 0.409 e. The molecular weight excluding hydrogens is 358 g/mol. The topological polar surface area (TPSA) is 76.1 Å². The maximum absolute atomic E-state index is 12.7. The highest BCUT2D eigenvalue weighted by Crippen LogP contribution is 2.44. The van der Waals surface area contributed by atoms with Crippen LogP contribution in [0.1, 0.15) is 23.5 Å². The maximum atomic E-state index is 12.7. The maximum Gasteiger partial charge on any atom is 0.409 e. The van der Waals surface area contributed by atoms with Crippen LogP contribution in [0.15, 0.2) is 48.5 Å². The van der Waals surface area contributed by atoms with Crippen LogP contribution in [0.25, 0.3) is 11.1 Å². The molecule has 1 fully saturated rings. The van der Waals surface area contributed by atoms with Crippen molar-refractivity contribution < 1.29 is 24.2 Å². The van der Waals surface area contributed by atoms with Gasteiger partial charge in [-0.15, -0.1) is 0 Å². The van der Waals surface area contributed by atoms with E-state index < -0.39 is 18.0 Å². The molecule has 2 aromatic carbocycles. The number of carboxylic acids is 1. The normalized spacial score (nSPS) is 21.1. The van der Waals surface area contributed by atoms with Gasteiger partial charge in [-0.1, -0.05) is 48.5 Å². The second kappa shape index (κ2) is 7.64. The lowest BCUT2D eigenvalue weighted by molar-refractivity contribution is -0.145. The Labute approximate surface area is 163 Å². The van der Waals surface area contributed by atoms with E-state index in [1.54, 1.807) is 0 Å². The first kappa shape index (κ1) is 18.5. The monoisotopic (exact) mass is 381 g/mol. The lowest BCUT2D eigenvalue weighted by atomic mass is 9.96. The van der Waals surface area contributed by atoms with Gasteiger partial charge in [-0.05, 0) is 28.7 Å². The Bertz CT molecular complexity index is 851. The molecule has 0 saturated carbocycles. The van der Waals surface area contributed by atoms with E-state index in [0.717, 1.165) is 11.1 Å². The Morgan fingerprint density at radius 2 is 1.64 bits per heavy atom. The van der Waals surface area contributed by atoms with Crippen LogP contribution in [0.5, 0.6) is 0 Å². The standard InChI is InChI=1S/C22H23NO5/c1-27-15-10-14(21(24)25)11-23(12-15)22(26)28-13-20-18-8-4-2-6-16(18)17-7-3-5-9-19(17)20/h2-9,14-15,20H,10-13H2,1H3,(H,24,25). The summed E-state index contributed by atoms with van der Waals surface area (Å²) in [5.74, 6) is -1.58. The zero-order chi connectivity index (χ0) is 19.7. The molecule has 0 spiro atoms. The highest BCUT2D eigenvalue weighted by molar-refractivity contribution is 5.79. The van der Waals surface area contributed by atoms with E-state index in [1.807, 2.05) is 24.3 Å². The molecule has 2 aromatic rings. The second-order valence-corrected chi connectivity index (χ2v) is 7.34. The number of hydrogen-bond acceptors (Lipinski definition) is 4. The summed E-state index contributed by atoms with van der Waals surface area (Å²) in [6.07, 6.45) is -0.385. The molecule has 1 amide bonds. The van der Waals surface area contributed by atoms with E-state index in [4.69, 9.17) is 9.47 Å². The molecule has 0 aromatic heterocycles. The van der Waals surface area contributed by atoms with E-state index >= 15 is 0 Å². The van der Waals surface area contributed by atoms with E-state index in [1.165, 1.54) is 23.1 Å². The minimum absolute atomic E-state index is 0.0189. The Hall–Kier alpha value is -2.86. The van der Waals surface area contributed by atoms with Crippen molar-refractivity contribution in [2.75, 3.05) is 26.8 Å². The highest BCUT2D eigenvalue weighted by atomic mass is 16.6. The van der Waals surface area contributed by atoms with Crippen molar-refractivity contribution in [1.82, 2.24) is 4.90 Å². The molecular formula is C22H23NO5. The molecule has 1 saturated heterocycles. The molecule has 6 heteroatoms. The summed E-state index contributed by atoms with van der Waals surface area (Å²) in [6, 6.07) is 16.3. The summed E-state index contributed by atoms with van der Waals surface area (Å²) in [5.41, 5.74) is 4.63.